The smallest absolute Gasteiger partial charge is 0.325 e. The molecule has 0 saturated carbocycles. The second-order valence-corrected chi connectivity index (χ2v) is 3.93. The summed E-state index contributed by atoms with van der Waals surface area (Å²) in [5, 5.41) is 2.22. The fourth-order valence-corrected chi connectivity index (χ4v) is 1.60. The van der Waals surface area contributed by atoms with Gasteiger partial charge in [-0.05, 0) is 12.1 Å². The van der Waals surface area contributed by atoms with Gasteiger partial charge in [-0.15, -0.1) is 3.89 Å². The summed E-state index contributed by atoms with van der Waals surface area (Å²) in [6.07, 6.45) is 0. The maximum atomic E-state index is 12.7. The molecule has 0 aliphatic rings. The Morgan fingerprint density at radius 2 is 1.93 bits per heavy atom. The van der Waals surface area contributed by atoms with Crippen molar-refractivity contribution in [2.24, 2.45) is 0 Å². The molecule has 0 bridgehead atoms. The molecule has 0 saturated heterocycles. The lowest BCUT2D eigenvalue weighted by Gasteiger charge is -2.05. The van der Waals surface area contributed by atoms with E-state index in [2.05, 4.69) is 5.32 Å². The van der Waals surface area contributed by atoms with Gasteiger partial charge in [0.25, 0.3) is 0 Å². The average Bonchev–Trinajstić information content (AvgIpc) is 2.01. The molecule has 1 amide bonds. The summed E-state index contributed by atoms with van der Waals surface area (Å²) in [6.45, 7) is 1.21. The number of benzene rings is 1. The van der Waals surface area contributed by atoms with Gasteiger partial charge in [-0.25, -0.2) is 0 Å². The predicted octanol–water partition coefficient (Wildman–Crippen LogP) is 1.30. The van der Waals surface area contributed by atoms with Crippen LogP contribution in [0.1, 0.15) is 6.92 Å². The minimum absolute atomic E-state index is 0.0532. The SMILES string of the molecule is CC(=O)Nc1ccccc1S(=O)(=O)F. The molecular weight excluding hydrogens is 209 g/mol. The van der Waals surface area contributed by atoms with Crippen LogP contribution in [-0.4, -0.2) is 14.3 Å². The number of carbonyl (C=O) groups excluding carboxylic acids is 1. The first-order chi connectivity index (χ1) is 6.41. The first kappa shape index (κ1) is 10.6. The molecule has 0 radical (unpaired) electrons. The van der Waals surface area contributed by atoms with Crippen molar-refractivity contribution < 1.29 is 17.1 Å². The summed E-state index contributed by atoms with van der Waals surface area (Å²) in [7, 11) is -4.79. The second-order valence-electron chi connectivity index (χ2n) is 2.62. The van der Waals surface area contributed by atoms with E-state index in [0.717, 1.165) is 6.07 Å². The lowest BCUT2D eigenvalue weighted by atomic mass is 10.3. The number of anilines is 1. The Bertz CT molecular complexity index is 455. The van der Waals surface area contributed by atoms with E-state index in [9.17, 15) is 17.1 Å². The lowest BCUT2D eigenvalue weighted by molar-refractivity contribution is -0.114. The van der Waals surface area contributed by atoms with Crippen molar-refractivity contribution in [1.82, 2.24) is 0 Å². The predicted molar refractivity (Wildman–Crippen MR) is 49.0 cm³/mol. The number of para-hydroxylation sites is 1. The number of amides is 1. The molecule has 6 heteroatoms. The number of hydrogen-bond donors (Lipinski definition) is 1. The molecule has 0 spiro atoms. The molecule has 0 atom stereocenters. The second kappa shape index (κ2) is 3.75. The fourth-order valence-electron chi connectivity index (χ4n) is 0.972. The third-order valence-electron chi connectivity index (χ3n) is 1.46. The van der Waals surface area contributed by atoms with Gasteiger partial charge in [-0.2, -0.15) is 8.42 Å². The summed E-state index contributed by atoms with van der Waals surface area (Å²) in [5.41, 5.74) is -0.0532. The van der Waals surface area contributed by atoms with Crippen molar-refractivity contribution in [2.45, 2.75) is 11.8 Å². The molecule has 1 rings (SSSR count). The molecule has 0 aromatic heterocycles. The Balaban J connectivity index is 3.23. The van der Waals surface area contributed by atoms with Crippen LogP contribution in [0, 0.1) is 0 Å². The minimum Gasteiger partial charge on any atom is -0.325 e. The summed E-state index contributed by atoms with van der Waals surface area (Å²) >= 11 is 0. The van der Waals surface area contributed by atoms with Crippen molar-refractivity contribution in [1.29, 1.82) is 0 Å². The number of carbonyl (C=O) groups is 1. The third-order valence-corrected chi connectivity index (χ3v) is 2.34. The van der Waals surface area contributed by atoms with E-state index >= 15 is 0 Å². The number of halogens is 1. The highest BCUT2D eigenvalue weighted by Gasteiger charge is 2.16. The Labute approximate surface area is 81.0 Å². The van der Waals surface area contributed by atoms with Crippen LogP contribution in [0.4, 0.5) is 9.57 Å². The molecule has 76 valence electrons. The van der Waals surface area contributed by atoms with Gasteiger partial charge in [0.1, 0.15) is 4.90 Å². The highest BCUT2D eigenvalue weighted by atomic mass is 32.3. The zero-order chi connectivity index (χ0) is 10.8. The van der Waals surface area contributed by atoms with Crippen LogP contribution in [-0.2, 0) is 15.0 Å². The zero-order valence-electron chi connectivity index (χ0n) is 7.32. The molecule has 0 fully saturated rings. The summed E-state index contributed by atoms with van der Waals surface area (Å²) < 4.78 is 33.9. The van der Waals surface area contributed by atoms with Crippen LogP contribution in [0.5, 0.6) is 0 Å². The van der Waals surface area contributed by atoms with Crippen molar-refractivity contribution in [3.63, 3.8) is 0 Å². The van der Waals surface area contributed by atoms with Gasteiger partial charge in [-0.1, -0.05) is 12.1 Å². The third kappa shape index (κ3) is 2.53. The Hall–Kier alpha value is -1.43. The Morgan fingerprint density at radius 1 is 1.36 bits per heavy atom. The monoisotopic (exact) mass is 217 g/mol. The van der Waals surface area contributed by atoms with Gasteiger partial charge < -0.3 is 5.32 Å². The van der Waals surface area contributed by atoms with E-state index in [1.54, 1.807) is 0 Å². The van der Waals surface area contributed by atoms with Crippen LogP contribution >= 0.6 is 0 Å². The van der Waals surface area contributed by atoms with Crippen molar-refractivity contribution in [2.75, 3.05) is 5.32 Å². The van der Waals surface area contributed by atoms with Crippen LogP contribution in [0.2, 0.25) is 0 Å². The summed E-state index contributed by atoms with van der Waals surface area (Å²) in [4.78, 5) is 10.1. The molecule has 1 aromatic rings. The first-order valence-corrected chi connectivity index (χ1v) is 5.11. The van der Waals surface area contributed by atoms with E-state index < -0.39 is 21.0 Å². The number of rotatable bonds is 2. The molecule has 0 aliphatic heterocycles. The highest BCUT2D eigenvalue weighted by Crippen LogP contribution is 2.22. The first-order valence-electron chi connectivity index (χ1n) is 3.72. The Morgan fingerprint density at radius 3 is 2.43 bits per heavy atom. The average molecular weight is 217 g/mol. The lowest BCUT2D eigenvalue weighted by Crippen LogP contribution is -2.09. The van der Waals surface area contributed by atoms with Crippen LogP contribution in [0.25, 0.3) is 0 Å². The molecule has 0 unspecified atom stereocenters. The van der Waals surface area contributed by atoms with Gasteiger partial charge in [0.05, 0.1) is 5.69 Å². The van der Waals surface area contributed by atoms with E-state index in [0.29, 0.717) is 0 Å². The molecule has 0 aliphatic carbocycles. The topological polar surface area (TPSA) is 63.2 Å². The molecular formula is C8H8FNO3S. The van der Waals surface area contributed by atoms with Gasteiger partial charge in [-0.3, -0.25) is 4.79 Å². The van der Waals surface area contributed by atoms with Gasteiger partial charge in [0.15, 0.2) is 0 Å². The maximum Gasteiger partial charge on any atom is 0.334 e. The number of hydrogen-bond acceptors (Lipinski definition) is 3. The van der Waals surface area contributed by atoms with E-state index in [-0.39, 0.29) is 5.69 Å². The van der Waals surface area contributed by atoms with Gasteiger partial charge in [0, 0.05) is 6.92 Å². The van der Waals surface area contributed by atoms with Crippen LogP contribution < -0.4 is 5.32 Å². The van der Waals surface area contributed by atoms with Crippen molar-refractivity contribution >= 4 is 21.8 Å². The van der Waals surface area contributed by atoms with E-state index in [1.165, 1.54) is 25.1 Å². The zero-order valence-corrected chi connectivity index (χ0v) is 8.14. The molecule has 1 N–H and O–H groups in total. The standard InChI is InChI=1S/C8H8FNO3S/c1-6(11)10-7-4-2-3-5-8(7)14(9,12)13/h2-5H,1H3,(H,10,11). The highest BCUT2D eigenvalue weighted by molar-refractivity contribution is 7.86. The summed E-state index contributed by atoms with van der Waals surface area (Å²) in [6, 6.07) is 5.27. The van der Waals surface area contributed by atoms with Gasteiger partial charge >= 0.3 is 10.2 Å². The molecule has 4 nitrogen and oxygen atoms in total. The van der Waals surface area contributed by atoms with E-state index in [1.807, 2.05) is 0 Å². The van der Waals surface area contributed by atoms with Crippen LogP contribution in [0.3, 0.4) is 0 Å². The van der Waals surface area contributed by atoms with Gasteiger partial charge in [0.2, 0.25) is 5.91 Å². The molecule has 14 heavy (non-hydrogen) atoms. The van der Waals surface area contributed by atoms with Crippen molar-refractivity contribution in [3.05, 3.63) is 24.3 Å². The summed E-state index contributed by atoms with van der Waals surface area (Å²) in [5.74, 6) is -0.457. The van der Waals surface area contributed by atoms with Crippen molar-refractivity contribution in [3.8, 4) is 0 Å². The normalized spacial score (nSPS) is 11.0. The number of nitrogens with one attached hydrogen (secondary N) is 1. The van der Waals surface area contributed by atoms with E-state index in [4.69, 9.17) is 0 Å². The maximum absolute atomic E-state index is 12.7. The largest absolute Gasteiger partial charge is 0.334 e. The quantitative estimate of drug-likeness (QED) is 0.759. The molecule has 0 heterocycles. The molecule has 1 aromatic carbocycles. The minimum atomic E-state index is -4.79. The Kier molecular flexibility index (Phi) is 2.85. The fraction of sp³-hybridized carbons (Fsp3) is 0.125. The van der Waals surface area contributed by atoms with Crippen LogP contribution in [0.15, 0.2) is 29.2 Å².